The van der Waals surface area contributed by atoms with E-state index >= 15 is 0 Å². The highest BCUT2D eigenvalue weighted by Gasteiger charge is 2.28. The summed E-state index contributed by atoms with van der Waals surface area (Å²) < 4.78 is 4.94. The lowest BCUT2D eigenvalue weighted by atomic mass is 9.89. The van der Waals surface area contributed by atoms with Gasteiger partial charge in [-0.05, 0) is 25.3 Å². The third-order valence-electron chi connectivity index (χ3n) is 3.92. The van der Waals surface area contributed by atoms with E-state index in [0.29, 0.717) is 13.2 Å². The number of amides is 2. The Labute approximate surface area is 125 Å². The molecule has 2 amide bonds. The van der Waals surface area contributed by atoms with Crippen molar-refractivity contribution >= 4 is 12.0 Å². The van der Waals surface area contributed by atoms with Crippen LogP contribution in [0.1, 0.15) is 32.3 Å². The summed E-state index contributed by atoms with van der Waals surface area (Å²) in [6.07, 6.45) is 1.13. The SMILES string of the molecule is CC[C@](C)(NC(=O)CN1CCCOC1=O)c1ccccc1. The van der Waals surface area contributed by atoms with Crippen molar-refractivity contribution < 1.29 is 14.3 Å². The van der Waals surface area contributed by atoms with Gasteiger partial charge in [0, 0.05) is 6.54 Å². The second kappa shape index (κ2) is 6.61. The number of cyclic esters (lactones) is 1. The summed E-state index contributed by atoms with van der Waals surface area (Å²) in [5.74, 6) is -0.165. The molecule has 0 spiro atoms. The fourth-order valence-corrected chi connectivity index (χ4v) is 2.43. The highest BCUT2D eigenvalue weighted by atomic mass is 16.6. The van der Waals surface area contributed by atoms with E-state index in [-0.39, 0.29) is 12.5 Å². The molecule has 1 saturated heterocycles. The molecule has 1 aromatic carbocycles. The molecule has 1 fully saturated rings. The summed E-state index contributed by atoms with van der Waals surface area (Å²) in [6.45, 7) is 5.08. The lowest BCUT2D eigenvalue weighted by Crippen LogP contribution is -2.49. The summed E-state index contributed by atoms with van der Waals surface area (Å²) in [5.41, 5.74) is 0.625. The Morgan fingerprint density at radius 1 is 1.38 bits per heavy atom. The predicted molar refractivity (Wildman–Crippen MR) is 79.8 cm³/mol. The van der Waals surface area contributed by atoms with Crippen molar-refractivity contribution in [3.8, 4) is 0 Å². The van der Waals surface area contributed by atoms with Crippen LogP contribution in [0.2, 0.25) is 0 Å². The normalized spacial score (nSPS) is 17.8. The molecule has 1 aliphatic heterocycles. The van der Waals surface area contributed by atoms with Crippen molar-refractivity contribution in [2.75, 3.05) is 19.7 Å². The van der Waals surface area contributed by atoms with Crippen LogP contribution in [0.3, 0.4) is 0 Å². The van der Waals surface area contributed by atoms with Gasteiger partial charge in [0.25, 0.3) is 0 Å². The van der Waals surface area contributed by atoms with Crippen LogP contribution in [-0.2, 0) is 15.1 Å². The molecule has 0 saturated carbocycles. The van der Waals surface area contributed by atoms with Crippen LogP contribution in [-0.4, -0.2) is 36.6 Å². The van der Waals surface area contributed by atoms with Gasteiger partial charge < -0.3 is 10.1 Å². The van der Waals surface area contributed by atoms with Gasteiger partial charge in [0.15, 0.2) is 0 Å². The first-order valence-electron chi connectivity index (χ1n) is 7.33. The monoisotopic (exact) mass is 290 g/mol. The van der Waals surface area contributed by atoms with Gasteiger partial charge in [0.05, 0.1) is 12.1 Å². The van der Waals surface area contributed by atoms with Gasteiger partial charge in [-0.15, -0.1) is 0 Å². The summed E-state index contributed by atoms with van der Waals surface area (Å²) in [6, 6.07) is 9.86. The van der Waals surface area contributed by atoms with E-state index in [1.165, 1.54) is 4.90 Å². The molecule has 114 valence electrons. The molecule has 2 rings (SSSR count). The van der Waals surface area contributed by atoms with Crippen LogP contribution in [0.25, 0.3) is 0 Å². The van der Waals surface area contributed by atoms with E-state index in [9.17, 15) is 9.59 Å². The van der Waals surface area contributed by atoms with E-state index in [2.05, 4.69) is 5.32 Å². The number of nitrogens with one attached hydrogen (secondary N) is 1. The van der Waals surface area contributed by atoms with Crippen molar-refractivity contribution in [2.45, 2.75) is 32.2 Å². The standard InChI is InChI=1S/C16H22N2O3/c1-3-16(2,13-8-5-4-6-9-13)17-14(19)12-18-10-7-11-21-15(18)20/h4-6,8-9H,3,7,10-12H2,1-2H3,(H,17,19)/t16-/m0/s1. The maximum atomic E-state index is 12.2. The number of carbonyl (C=O) groups is 2. The van der Waals surface area contributed by atoms with Crippen molar-refractivity contribution in [3.05, 3.63) is 35.9 Å². The zero-order chi connectivity index (χ0) is 15.3. The molecule has 1 atom stereocenters. The molecule has 0 radical (unpaired) electrons. The van der Waals surface area contributed by atoms with Crippen molar-refractivity contribution in [1.29, 1.82) is 0 Å². The first-order valence-corrected chi connectivity index (χ1v) is 7.33. The largest absolute Gasteiger partial charge is 0.449 e. The molecule has 0 bridgehead atoms. The molecule has 1 aliphatic rings. The maximum absolute atomic E-state index is 12.2. The van der Waals surface area contributed by atoms with Gasteiger partial charge in [0.1, 0.15) is 6.54 Å². The van der Waals surface area contributed by atoms with Gasteiger partial charge in [-0.3, -0.25) is 9.69 Å². The lowest BCUT2D eigenvalue weighted by Gasteiger charge is -2.32. The molecule has 1 N–H and O–H groups in total. The molecule has 5 nitrogen and oxygen atoms in total. The lowest BCUT2D eigenvalue weighted by molar-refractivity contribution is -0.124. The van der Waals surface area contributed by atoms with Crippen LogP contribution in [0.4, 0.5) is 4.79 Å². The van der Waals surface area contributed by atoms with E-state index < -0.39 is 11.6 Å². The first-order chi connectivity index (χ1) is 10.0. The molecule has 0 unspecified atom stereocenters. The number of hydrogen-bond acceptors (Lipinski definition) is 3. The number of nitrogens with zero attached hydrogens (tertiary/aromatic N) is 1. The zero-order valence-corrected chi connectivity index (χ0v) is 12.6. The quantitative estimate of drug-likeness (QED) is 0.905. The number of carbonyl (C=O) groups excluding carboxylic acids is 2. The Hall–Kier alpha value is -2.04. The molecule has 21 heavy (non-hydrogen) atoms. The number of ether oxygens (including phenoxy) is 1. The zero-order valence-electron chi connectivity index (χ0n) is 12.6. The summed E-state index contributed by atoms with van der Waals surface area (Å²) in [7, 11) is 0. The van der Waals surface area contributed by atoms with Crippen molar-refractivity contribution in [2.24, 2.45) is 0 Å². The fraction of sp³-hybridized carbons (Fsp3) is 0.500. The molecular weight excluding hydrogens is 268 g/mol. The smallest absolute Gasteiger partial charge is 0.410 e. The van der Waals surface area contributed by atoms with Crippen molar-refractivity contribution in [3.63, 3.8) is 0 Å². The molecule has 5 heteroatoms. The Morgan fingerprint density at radius 2 is 2.10 bits per heavy atom. The van der Waals surface area contributed by atoms with Gasteiger partial charge in [-0.25, -0.2) is 4.79 Å². The van der Waals surface area contributed by atoms with Crippen LogP contribution in [0.15, 0.2) is 30.3 Å². The van der Waals surface area contributed by atoms with Gasteiger partial charge in [-0.1, -0.05) is 37.3 Å². The minimum absolute atomic E-state index is 0.0429. The van der Waals surface area contributed by atoms with Gasteiger partial charge in [0.2, 0.25) is 5.91 Å². The Kier molecular flexibility index (Phi) is 4.83. The average molecular weight is 290 g/mol. The van der Waals surface area contributed by atoms with Crippen LogP contribution in [0, 0.1) is 0 Å². The second-order valence-corrected chi connectivity index (χ2v) is 5.49. The summed E-state index contributed by atoms with van der Waals surface area (Å²) >= 11 is 0. The molecular formula is C16H22N2O3. The molecule has 0 aromatic heterocycles. The minimum atomic E-state index is -0.433. The Bertz CT molecular complexity index is 504. The van der Waals surface area contributed by atoms with Crippen molar-refractivity contribution in [1.82, 2.24) is 10.2 Å². The Morgan fingerprint density at radius 3 is 2.71 bits per heavy atom. The predicted octanol–water partition coefficient (Wildman–Crippen LogP) is 2.27. The highest BCUT2D eigenvalue weighted by molar-refractivity contribution is 5.83. The molecule has 0 aliphatic carbocycles. The second-order valence-electron chi connectivity index (χ2n) is 5.49. The topological polar surface area (TPSA) is 58.6 Å². The molecule has 1 heterocycles. The minimum Gasteiger partial charge on any atom is -0.449 e. The third-order valence-corrected chi connectivity index (χ3v) is 3.92. The maximum Gasteiger partial charge on any atom is 0.410 e. The summed E-state index contributed by atoms with van der Waals surface area (Å²) in [5, 5.41) is 3.04. The summed E-state index contributed by atoms with van der Waals surface area (Å²) in [4.78, 5) is 25.2. The van der Waals surface area contributed by atoms with Crippen LogP contribution >= 0.6 is 0 Å². The first kappa shape index (κ1) is 15.4. The fourth-order valence-electron chi connectivity index (χ4n) is 2.43. The number of rotatable bonds is 5. The van der Waals surface area contributed by atoms with Gasteiger partial charge in [-0.2, -0.15) is 0 Å². The van der Waals surface area contributed by atoms with E-state index in [0.717, 1.165) is 18.4 Å². The van der Waals surface area contributed by atoms with E-state index in [1.807, 2.05) is 44.2 Å². The third kappa shape index (κ3) is 3.74. The number of benzene rings is 1. The van der Waals surface area contributed by atoms with E-state index in [4.69, 9.17) is 4.74 Å². The molecule has 1 aromatic rings. The Balaban J connectivity index is 2.01. The average Bonchev–Trinajstić information content (AvgIpc) is 2.50. The van der Waals surface area contributed by atoms with Crippen LogP contribution in [0.5, 0.6) is 0 Å². The van der Waals surface area contributed by atoms with Crippen LogP contribution < -0.4 is 5.32 Å². The highest BCUT2D eigenvalue weighted by Crippen LogP contribution is 2.24. The van der Waals surface area contributed by atoms with E-state index in [1.54, 1.807) is 0 Å². The van der Waals surface area contributed by atoms with Gasteiger partial charge >= 0.3 is 6.09 Å². The number of hydrogen-bond donors (Lipinski definition) is 1.